The molecule has 0 aromatic carbocycles. The lowest BCUT2D eigenvalue weighted by molar-refractivity contribution is -0.144. The zero-order valence-corrected chi connectivity index (χ0v) is 23.7. The summed E-state index contributed by atoms with van der Waals surface area (Å²) in [6.07, 6.45) is 2.03. The van der Waals surface area contributed by atoms with Gasteiger partial charge in [0.05, 0.1) is 6.04 Å². The predicted octanol–water partition coefficient (Wildman–Crippen LogP) is 1.50. The van der Waals surface area contributed by atoms with Crippen molar-refractivity contribution in [3.05, 3.63) is 0 Å². The molecule has 5 amide bonds. The van der Waals surface area contributed by atoms with Crippen LogP contribution in [-0.4, -0.2) is 70.1 Å². The number of fused-ring (bicyclic) bond motifs is 1. The van der Waals surface area contributed by atoms with E-state index >= 15 is 0 Å². The molecule has 37 heavy (non-hydrogen) atoms. The van der Waals surface area contributed by atoms with Crippen molar-refractivity contribution in [2.24, 2.45) is 34.3 Å². The van der Waals surface area contributed by atoms with Gasteiger partial charge in [-0.2, -0.15) is 0 Å². The highest BCUT2D eigenvalue weighted by atomic mass is 16.3. The van der Waals surface area contributed by atoms with Crippen LogP contribution in [0.2, 0.25) is 0 Å². The molecule has 2 saturated carbocycles. The fourth-order valence-electron chi connectivity index (χ4n) is 5.96. The third-order valence-electron chi connectivity index (χ3n) is 8.45. The smallest absolute Gasteiger partial charge is 0.315 e. The first-order valence-corrected chi connectivity index (χ1v) is 13.5. The molecular formula is C27H47N5O5. The van der Waals surface area contributed by atoms with E-state index in [0.717, 1.165) is 19.3 Å². The van der Waals surface area contributed by atoms with Crippen LogP contribution in [0.5, 0.6) is 0 Å². The molecule has 10 heteroatoms. The topological polar surface area (TPSA) is 154 Å². The molecule has 0 aromatic heterocycles. The highest BCUT2D eigenvalue weighted by Gasteiger charge is 2.69. The molecule has 3 aliphatic rings. The van der Waals surface area contributed by atoms with Crippen molar-refractivity contribution in [3.63, 3.8) is 0 Å². The van der Waals surface area contributed by atoms with Crippen LogP contribution in [0.25, 0.3) is 0 Å². The highest BCUT2D eigenvalue weighted by molar-refractivity contribution is 5.94. The third-order valence-corrected chi connectivity index (χ3v) is 8.45. The maximum atomic E-state index is 13.9. The normalized spacial score (nSPS) is 27.3. The fourth-order valence-corrected chi connectivity index (χ4v) is 5.96. The molecule has 2 aliphatic carbocycles. The third kappa shape index (κ3) is 6.38. The number of hydrogen-bond donors (Lipinski definition) is 5. The molecule has 10 nitrogen and oxygen atoms in total. The number of primary amides is 1. The van der Waals surface area contributed by atoms with Gasteiger partial charge in [0.1, 0.15) is 12.1 Å². The van der Waals surface area contributed by atoms with E-state index in [1.165, 1.54) is 0 Å². The number of rotatable bonds is 8. The fraction of sp³-hybridized carbons (Fsp3) is 0.852. The second-order valence-electron chi connectivity index (χ2n) is 14.0. The van der Waals surface area contributed by atoms with Gasteiger partial charge in [-0.05, 0) is 55.8 Å². The molecule has 0 spiro atoms. The Hall–Kier alpha value is -2.36. The standard InChI is InChI=1S/C27H47N5O5/c1-25(2,3)20(30-24(37)31-26(4,5)6)23(36)32-13-15-17(27(15,7)8)18(32)22(35)29-16(19(33)21(28)34)12-14-10-9-11-14/h14-20,33H,9-13H2,1-8H3,(H2,28,34)(H,29,35)(H2,30,31,37)/t15-,16+,17-,18-,19?,20+/m0/s1. The summed E-state index contributed by atoms with van der Waals surface area (Å²) in [6, 6.07) is -2.86. The van der Waals surface area contributed by atoms with Gasteiger partial charge in [0.2, 0.25) is 17.7 Å². The first-order chi connectivity index (χ1) is 16.8. The zero-order valence-electron chi connectivity index (χ0n) is 23.7. The highest BCUT2D eigenvalue weighted by Crippen LogP contribution is 2.65. The van der Waals surface area contributed by atoms with Crippen molar-refractivity contribution < 1.29 is 24.3 Å². The number of hydrogen-bond acceptors (Lipinski definition) is 5. The van der Waals surface area contributed by atoms with Gasteiger partial charge in [-0.1, -0.05) is 53.9 Å². The summed E-state index contributed by atoms with van der Waals surface area (Å²) in [6.45, 7) is 15.8. The lowest BCUT2D eigenvalue weighted by Gasteiger charge is -2.39. The molecule has 0 bridgehead atoms. The number of aliphatic hydroxyl groups excluding tert-OH is 1. The number of likely N-dealkylation sites (tertiary alicyclic amines) is 1. The van der Waals surface area contributed by atoms with Crippen molar-refractivity contribution in [1.82, 2.24) is 20.9 Å². The van der Waals surface area contributed by atoms with Crippen LogP contribution < -0.4 is 21.7 Å². The van der Waals surface area contributed by atoms with E-state index in [4.69, 9.17) is 5.73 Å². The number of nitrogens with one attached hydrogen (secondary N) is 3. The van der Waals surface area contributed by atoms with Crippen molar-refractivity contribution >= 4 is 23.8 Å². The van der Waals surface area contributed by atoms with Crippen LogP contribution in [0.4, 0.5) is 4.79 Å². The second-order valence-corrected chi connectivity index (χ2v) is 14.0. The number of aliphatic hydroxyl groups is 1. The number of amides is 5. The van der Waals surface area contributed by atoms with Crippen LogP contribution in [0, 0.1) is 28.6 Å². The Bertz CT molecular complexity index is 917. The van der Waals surface area contributed by atoms with Gasteiger partial charge in [0.15, 0.2) is 6.10 Å². The van der Waals surface area contributed by atoms with Crippen molar-refractivity contribution in [3.8, 4) is 0 Å². The molecule has 3 fully saturated rings. The predicted molar refractivity (Wildman–Crippen MR) is 140 cm³/mol. The first kappa shape index (κ1) is 29.2. The molecule has 1 aliphatic heterocycles. The first-order valence-electron chi connectivity index (χ1n) is 13.5. The van der Waals surface area contributed by atoms with Crippen LogP contribution in [0.15, 0.2) is 0 Å². The molecular weight excluding hydrogens is 474 g/mol. The van der Waals surface area contributed by atoms with Gasteiger partial charge in [-0.15, -0.1) is 0 Å². The van der Waals surface area contributed by atoms with E-state index in [9.17, 15) is 24.3 Å². The molecule has 6 N–H and O–H groups in total. The molecule has 6 atom stereocenters. The number of urea groups is 1. The van der Waals surface area contributed by atoms with Gasteiger partial charge in [-0.25, -0.2) is 4.79 Å². The van der Waals surface area contributed by atoms with Crippen molar-refractivity contribution in [1.29, 1.82) is 0 Å². The number of carbonyl (C=O) groups excluding carboxylic acids is 4. The number of carbonyl (C=O) groups is 4. The van der Waals surface area contributed by atoms with Crippen molar-refractivity contribution in [2.75, 3.05) is 6.54 Å². The number of nitrogens with zero attached hydrogens (tertiary/aromatic N) is 1. The van der Waals surface area contributed by atoms with E-state index in [1.54, 1.807) is 4.90 Å². The summed E-state index contributed by atoms with van der Waals surface area (Å²) in [7, 11) is 0. The van der Waals surface area contributed by atoms with Gasteiger partial charge in [0.25, 0.3) is 0 Å². The maximum absolute atomic E-state index is 13.9. The Morgan fingerprint density at radius 2 is 1.65 bits per heavy atom. The Balaban J connectivity index is 1.83. The largest absolute Gasteiger partial charge is 0.381 e. The van der Waals surface area contributed by atoms with E-state index in [0.29, 0.717) is 18.9 Å². The van der Waals surface area contributed by atoms with Crippen LogP contribution >= 0.6 is 0 Å². The second kappa shape index (κ2) is 10.1. The summed E-state index contributed by atoms with van der Waals surface area (Å²) in [5, 5.41) is 19.0. The Labute approximate surface area is 220 Å². The molecule has 1 saturated heterocycles. The monoisotopic (exact) mass is 521 g/mol. The minimum absolute atomic E-state index is 0.0458. The van der Waals surface area contributed by atoms with Gasteiger partial charge < -0.3 is 31.7 Å². The molecule has 210 valence electrons. The molecule has 0 aromatic rings. The number of piperidine rings is 1. The number of nitrogens with two attached hydrogens (primary N) is 1. The molecule has 0 radical (unpaired) electrons. The minimum Gasteiger partial charge on any atom is -0.381 e. The Morgan fingerprint density at radius 1 is 1.05 bits per heavy atom. The lowest BCUT2D eigenvalue weighted by Crippen LogP contribution is -2.62. The zero-order chi connectivity index (χ0) is 28.1. The van der Waals surface area contributed by atoms with Crippen LogP contribution in [0.1, 0.15) is 81.1 Å². The minimum atomic E-state index is -1.50. The SMILES string of the molecule is CC(C)(C)NC(=O)N[C@H](C(=O)N1C[C@H]2[C@@H]([C@H]1C(=O)N[C@H](CC1CCC1)C(O)C(N)=O)C2(C)C)C(C)(C)C. The summed E-state index contributed by atoms with van der Waals surface area (Å²) in [4.78, 5) is 53.7. The van der Waals surface area contributed by atoms with E-state index < -0.39 is 47.1 Å². The van der Waals surface area contributed by atoms with Gasteiger partial charge in [0, 0.05) is 12.1 Å². The molecule has 3 rings (SSSR count). The van der Waals surface area contributed by atoms with E-state index in [-0.39, 0.29) is 29.1 Å². The Morgan fingerprint density at radius 3 is 2.11 bits per heavy atom. The summed E-state index contributed by atoms with van der Waals surface area (Å²) in [5.74, 6) is -1.15. The Kier molecular flexibility index (Phi) is 7.95. The van der Waals surface area contributed by atoms with E-state index in [1.807, 2.05) is 41.5 Å². The molecule has 1 heterocycles. The summed E-state index contributed by atoms with van der Waals surface area (Å²) in [5.41, 5.74) is 4.19. The van der Waals surface area contributed by atoms with Gasteiger partial charge >= 0.3 is 6.03 Å². The van der Waals surface area contributed by atoms with E-state index in [2.05, 4.69) is 29.8 Å². The van der Waals surface area contributed by atoms with Crippen LogP contribution in [0.3, 0.4) is 0 Å². The molecule has 1 unspecified atom stereocenters. The summed E-state index contributed by atoms with van der Waals surface area (Å²) >= 11 is 0. The maximum Gasteiger partial charge on any atom is 0.315 e. The summed E-state index contributed by atoms with van der Waals surface area (Å²) < 4.78 is 0. The van der Waals surface area contributed by atoms with Crippen LogP contribution in [-0.2, 0) is 14.4 Å². The lowest BCUT2D eigenvalue weighted by atomic mass is 9.79. The van der Waals surface area contributed by atoms with Gasteiger partial charge in [-0.3, -0.25) is 14.4 Å². The van der Waals surface area contributed by atoms with Crippen molar-refractivity contribution in [2.45, 2.75) is 111 Å². The quantitative estimate of drug-likeness (QED) is 0.328. The average Bonchev–Trinajstić information content (AvgIpc) is 3.06. The average molecular weight is 522 g/mol.